The van der Waals surface area contributed by atoms with Gasteiger partial charge in [-0.25, -0.2) is 0 Å². The van der Waals surface area contributed by atoms with Gasteiger partial charge in [-0.2, -0.15) is 0 Å². The van der Waals surface area contributed by atoms with Crippen LogP contribution < -0.4 is 4.74 Å². The molecule has 0 bridgehead atoms. The third-order valence-corrected chi connectivity index (χ3v) is 6.92. The average molecular weight is 475 g/mol. The first kappa shape index (κ1) is 27.1. The summed E-state index contributed by atoms with van der Waals surface area (Å²) in [6, 6.07) is 0. The van der Waals surface area contributed by atoms with Gasteiger partial charge >= 0.3 is 0 Å². The van der Waals surface area contributed by atoms with E-state index in [4.69, 9.17) is 4.74 Å². The molecule has 3 N–H and O–H groups in total. The Labute approximate surface area is 199 Å². The lowest BCUT2D eigenvalue weighted by Gasteiger charge is -2.36. The van der Waals surface area contributed by atoms with Crippen molar-refractivity contribution in [1.82, 2.24) is 0 Å². The van der Waals surface area contributed by atoms with E-state index in [-0.39, 0.29) is 34.4 Å². The number of allylic oxidation sites excluding steroid dienone is 2. The molecule has 1 aliphatic carbocycles. The van der Waals surface area contributed by atoms with Crippen LogP contribution in [0.25, 0.3) is 0 Å². The lowest BCUT2D eigenvalue weighted by Crippen LogP contribution is -2.49. The number of hydrogen-bond acceptors (Lipinski definition) is 8. The highest BCUT2D eigenvalue weighted by atomic mass is 16.5. The largest absolute Gasteiger partial charge is 0.511 e. The summed E-state index contributed by atoms with van der Waals surface area (Å²) >= 11 is 0. The first-order valence-electron chi connectivity index (χ1n) is 11.5. The van der Waals surface area contributed by atoms with Crippen LogP contribution in [0.3, 0.4) is 0 Å². The van der Waals surface area contributed by atoms with Crippen molar-refractivity contribution in [2.24, 2.45) is 17.3 Å². The van der Waals surface area contributed by atoms with Gasteiger partial charge in [-0.1, -0.05) is 20.8 Å². The van der Waals surface area contributed by atoms with Gasteiger partial charge in [-0.3, -0.25) is 19.2 Å². The first-order valence-corrected chi connectivity index (χ1v) is 11.5. The highest BCUT2D eigenvalue weighted by molar-refractivity contribution is 6.28. The molecule has 8 nitrogen and oxygen atoms in total. The van der Waals surface area contributed by atoms with Crippen molar-refractivity contribution in [3.63, 3.8) is 0 Å². The number of aliphatic hydroxyl groups is 1. The van der Waals surface area contributed by atoms with E-state index in [0.29, 0.717) is 12.8 Å². The van der Waals surface area contributed by atoms with Crippen LogP contribution in [0, 0.1) is 24.2 Å². The van der Waals surface area contributed by atoms with E-state index in [9.17, 15) is 34.5 Å². The monoisotopic (exact) mass is 474 g/mol. The molecule has 0 heterocycles. The Hall–Kier alpha value is -3.16. The van der Waals surface area contributed by atoms with Gasteiger partial charge in [0.25, 0.3) is 0 Å². The van der Waals surface area contributed by atoms with Crippen LogP contribution in [0.5, 0.6) is 17.2 Å². The number of carbonyl (C=O) groups is 4. The van der Waals surface area contributed by atoms with E-state index in [0.717, 1.165) is 0 Å². The number of aliphatic hydroxyl groups excluding tert-OH is 1. The van der Waals surface area contributed by atoms with E-state index in [1.54, 1.807) is 20.8 Å². The van der Waals surface area contributed by atoms with Crippen molar-refractivity contribution in [3.8, 4) is 17.2 Å². The van der Waals surface area contributed by atoms with Crippen LogP contribution in [0.4, 0.5) is 0 Å². The van der Waals surface area contributed by atoms with E-state index in [1.807, 2.05) is 0 Å². The fourth-order valence-corrected chi connectivity index (χ4v) is 4.50. The van der Waals surface area contributed by atoms with Crippen molar-refractivity contribution < 1.29 is 39.2 Å². The molecule has 1 aromatic carbocycles. The van der Waals surface area contributed by atoms with Gasteiger partial charge in [-0.15, -0.1) is 0 Å². The number of phenols is 2. The molecule has 8 heteroatoms. The molecule has 0 saturated carbocycles. The summed E-state index contributed by atoms with van der Waals surface area (Å²) in [7, 11) is 1.31. The van der Waals surface area contributed by atoms with Gasteiger partial charge in [0.15, 0.2) is 23.1 Å². The molecule has 0 aromatic heterocycles. The third-order valence-electron chi connectivity index (χ3n) is 6.92. The van der Waals surface area contributed by atoms with Gasteiger partial charge in [0.05, 0.1) is 12.5 Å². The first-order chi connectivity index (χ1) is 15.8. The lowest BCUT2D eigenvalue weighted by atomic mass is 9.64. The van der Waals surface area contributed by atoms with Crippen LogP contribution in [0.15, 0.2) is 11.3 Å². The maximum absolute atomic E-state index is 13.5. The second kappa shape index (κ2) is 9.99. The maximum atomic E-state index is 13.5. The minimum absolute atomic E-state index is 0.0215. The zero-order valence-electron chi connectivity index (χ0n) is 20.9. The zero-order valence-corrected chi connectivity index (χ0v) is 20.9. The second-order valence-corrected chi connectivity index (χ2v) is 9.24. The van der Waals surface area contributed by atoms with Crippen molar-refractivity contribution in [3.05, 3.63) is 28.0 Å². The lowest BCUT2D eigenvalue weighted by molar-refractivity contribution is -0.146. The number of rotatable bonds is 9. The van der Waals surface area contributed by atoms with Crippen LogP contribution in [-0.4, -0.2) is 45.6 Å². The molecule has 0 amide bonds. The molecule has 1 aromatic rings. The van der Waals surface area contributed by atoms with Crippen LogP contribution in [0.2, 0.25) is 0 Å². The summed E-state index contributed by atoms with van der Waals surface area (Å²) in [5, 5.41) is 32.8. The molecule has 0 saturated heterocycles. The quantitative estimate of drug-likeness (QED) is 0.358. The van der Waals surface area contributed by atoms with E-state index < -0.39 is 64.1 Å². The molecule has 3 unspecified atom stereocenters. The molecule has 0 fully saturated rings. The fraction of sp³-hybridized carbons (Fsp3) is 0.538. The van der Waals surface area contributed by atoms with E-state index >= 15 is 0 Å². The Kier molecular flexibility index (Phi) is 7.96. The number of hydrogen-bond donors (Lipinski definition) is 3. The number of carbonyl (C=O) groups excluding carboxylic acids is 4. The maximum Gasteiger partial charge on any atom is 0.179 e. The van der Waals surface area contributed by atoms with Crippen molar-refractivity contribution in [2.45, 2.75) is 67.2 Å². The topological polar surface area (TPSA) is 138 Å². The standard InChI is InChI=1S/C26H34O8/c1-8-10-16(27)17-22(31)15(20(29)13(4)23(17)34-7)11-26(6)24(32)14(5)21(30)18(25(26)33)19(28)12(3)9-2/h12,18,29,31-32H,8-11H2,1-7H3. The SMILES string of the molecule is CCCC(=O)c1c(O)c(CC2(C)C(=O)C(C(=O)C(C)CC)C(=O)C(C)=C2O)c(O)c(C)c1OC. The number of ether oxygens (including phenoxy) is 1. The summed E-state index contributed by atoms with van der Waals surface area (Å²) in [5.41, 5.74) is -1.98. The Balaban J connectivity index is 2.75. The predicted octanol–water partition coefficient (Wildman–Crippen LogP) is 4.16. The van der Waals surface area contributed by atoms with Gasteiger partial charge in [0.1, 0.15) is 34.5 Å². The predicted molar refractivity (Wildman–Crippen MR) is 125 cm³/mol. The number of benzene rings is 1. The number of Topliss-reactive ketones (excluding diaryl/α,β-unsaturated/α-hetero) is 4. The highest BCUT2D eigenvalue weighted by Gasteiger charge is 2.53. The van der Waals surface area contributed by atoms with E-state index in [1.165, 1.54) is 27.9 Å². The molecule has 34 heavy (non-hydrogen) atoms. The van der Waals surface area contributed by atoms with Gasteiger partial charge < -0.3 is 20.1 Å². The second-order valence-electron chi connectivity index (χ2n) is 9.24. The smallest absolute Gasteiger partial charge is 0.179 e. The van der Waals surface area contributed by atoms with Crippen LogP contribution in [-0.2, 0) is 20.8 Å². The minimum atomic E-state index is -1.78. The van der Waals surface area contributed by atoms with Gasteiger partial charge in [0.2, 0.25) is 0 Å². The summed E-state index contributed by atoms with van der Waals surface area (Å²) in [6.45, 7) is 9.41. The minimum Gasteiger partial charge on any atom is -0.511 e. The van der Waals surface area contributed by atoms with Gasteiger partial charge in [-0.05, 0) is 40.0 Å². The Bertz CT molecular complexity index is 1080. The third kappa shape index (κ3) is 4.21. The molecule has 1 aliphatic rings. The molecule has 3 atom stereocenters. The Morgan fingerprint density at radius 3 is 2.18 bits per heavy atom. The van der Waals surface area contributed by atoms with E-state index in [2.05, 4.69) is 0 Å². The van der Waals surface area contributed by atoms with Crippen molar-refractivity contribution >= 4 is 23.1 Å². The molecule has 0 spiro atoms. The molecular weight excluding hydrogens is 440 g/mol. The molecule has 186 valence electrons. The summed E-state index contributed by atoms with van der Waals surface area (Å²) in [5.74, 6) is -6.07. The summed E-state index contributed by atoms with van der Waals surface area (Å²) in [6.07, 6.45) is 0.635. The van der Waals surface area contributed by atoms with Crippen LogP contribution in [0.1, 0.15) is 75.4 Å². The van der Waals surface area contributed by atoms with Crippen molar-refractivity contribution in [1.29, 1.82) is 0 Å². The number of phenolic OH excluding ortho intramolecular Hbond substituents is 2. The average Bonchev–Trinajstić information content (AvgIpc) is 2.81. The normalized spacial score (nSPS) is 21.6. The summed E-state index contributed by atoms with van der Waals surface area (Å²) < 4.78 is 5.28. The number of methoxy groups -OCH3 is 1. The fourth-order valence-electron chi connectivity index (χ4n) is 4.50. The number of aromatic hydroxyl groups is 2. The molecular formula is C26H34O8. The molecule has 2 rings (SSSR count). The Morgan fingerprint density at radius 2 is 1.68 bits per heavy atom. The van der Waals surface area contributed by atoms with Gasteiger partial charge in [0, 0.05) is 29.0 Å². The van der Waals surface area contributed by atoms with Crippen molar-refractivity contribution in [2.75, 3.05) is 7.11 Å². The highest BCUT2D eigenvalue weighted by Crippen LogP contribution is 2.48. The Morgan fingerprint density at radius 1 is 1.09 bits per heavy atom. The molecule has 0 aliphatic heterocycles. The van der Waals surface area contributed by atoms with Crippen LogP contribution >= 0.6 is 0 Å². The summed E-state index contributed by atoms with van der Waals surface area (Å²) in [4.78, 5) is 52.0. The number of ketones is 4. The molecule has 0 radical (unpaired) electrons. The zero-order chi connectivity index (χ0) is 26.1.